The van der Waals surface area contributed by atoms with Gasteiger partial charge in [0.15, 0.2) is 0 Å². The highest BCUT2D eigenvalue weighted by Crippen LogP contribution is 2.30. The van der Waals surface area contributed by atoms with Crippen molar-refractivity contribution in [2.24, 2.45) is 12.8 Å². The average molecular weight is 280 g/mol. The lowest BCUT2D eigenvalue weighted by Gasteiger charge is -2.06. The summed E-state index contributed by atoms with van der Waals surface area (Å²) in [5.41, 5.74) is 9.12. The van der Waals surface area contributed by atoms with E-state index in [-0.39, 0.29) is 0 Å². The Bertz CT molecular complexity index is 491. The predicted molar refractivity (Wildman–Crippen MR) is 69.1 cm³/mol. The van der Waals surface area contributed by atoms with Gasteiger partial charge in [-0.15, -0.1) is 0 Å². The fourth-order valence-corrected chi connectivity index (χ4v) is 2.30. The van der Waals surface area contributed by atoms with E-state index in [4.69, 9.17) is 5.73 Å². The van der Waals surface area contributed by atoms with E-state index in [1.165, 1.54) is 11.3 Å². The molecule has 0 unspecified atom stereocenters. The molecule has 0 fully saturated rings. The lowest BCUT2D eigenvalue weighted by atomic mass is 10.1. The Balaban J connectivity index is 2.52. The quantitative estimate of drug-likeness (QED) is 0.938. The maximum atomic E-state index is 5.62. The number of halogens is 1. The molecule has 1 aromatic carbocycles. The lowest BCUT2D eigenvalue weighted by Crippen LogP contribution is -2.08. The van der Waals surface area contributed by atoms with Crippen LogP contribution < -0.4 is 5.73 Å². The Hall–Kier alpha value is -1.13. The van der Waals surface area contributed by atoms with E-state index in [1.54, 1.807) is 0 Å². The summed E-state index contributed by atoms with van der Waals surface area (Å²) in [5.74, 6) is 0. The van der Waals surface area contributed by atoms with Crippen molar-refractivity contribution in [3.8, 4) is 11.1 Å². The van der Waals surface area contributed by atoms with Crippen LogP contribution in [0.1, 0.15) is 5.69 Å². The second-order valence-corrected chi connectivity index (χ2v) is 4.50. The van der Waals surface area contributed by atoms with Gasteiger partial charge in [-0.2, -0.15) is 5.10 Å². The minimum absolute atomic E-state index is 0.636. The Morgan fingerprint density at radius 2 is 2.06 bits per heavy atom. The van der Waals surface area contributed by atoms with Gasteiger partial charge in [-0.3, -0.25) is 4.68 Å². The number of nitrogens with zero attached hydrogens (tertiary/aromatic N) is 2. The first-order chi connectivity index (χ1) is 7.74. The monoisotopic (exact) mass is 279 g/mol. The van der Waals surface area contributed by atoms with Crippen molar-refractivity contribution in [1.82, 2.24) is 9.78 Å². The molecule has 1 heterocycles. The highest BCUT2D eigenvalue weighted by Gasteiger charge is 2.11. The minimum Gasteiger partial charge on any atom is -0.330 e. The van der Waals surface area contributed by atoms with Gasteiger partial charge in [0.25, 0.3) is 0 Å². The van der Waals surface area contributed by atoms with Gasteiger partial charge < -0.3 is 5.73 Å². The lowest BCUT2D eigenvalue weighted by molar-refractivity contribution is 0.707. The molecule has 2 rings (SSSR count). The van der Waals surface area contributed by atoms with Crippen LogP contribution in [-0.2, 0) is 13.5 Å². The predicted octanol–water partition coefficient (Wildman–Crippen LogP) is 2.35. The molecule has 0 atom stereocenters. The van der Waals surface area contributed by atoms with Crippen LogP contribution in [0.2, 0.25) is 0 Å². The molecule has 0 saturated heterocycles. The van der Waals surface area contributed by atoms with Crippen molar-refractivity contribution in [3.05, 3.63) is 40.6 Å². The van der Waals surface area contributed by atoms with Crippen molar-refractivity contribution >= 4 is 15.9 Å². The Morgan fingerprint density at radius 3 is 2.75 bits per heavy atom. The van der Waals surface area contributed by atoms with Crippen LogP contribution >= 0.6 is 15.9 Å². The molecular weight excluding hydrogens is 266 g/mol. The zero-order valence-electron chi connectivity index (χ0n) is 9.15. The van der Waals surface area contributed by atoms with Gasteiger partial charge in [-0.1, -0.05) is 34.1 Å². The van der Waals surface area contributed by atoms with E-state index >= 15 is 0 Å². The summed E-state index contributed by atoms with van der Waals surface area (Å²) in [4.78, 5) is 0. The van der Waals surface area contributed by atoms with Gasteiger partial charge in [0.05, 0.1) is 6.20 Å². The minimum atomic E-state index is 0.636. The molecule has 0 aliphatic heterocycles. The highest BCUT2D eigenvalue weighted by atomic mass is 79.9. The second-order valence-electron chi connectivity index (χ2n) is 3.65. The SMILES string of the molecule is Cn1ncc(-c2ccccc2Br)c1CCN. The van der Waals surface area contributed by atoms with E-state index < -0.39 is 0 Å². The molecule has 3 nitrogen and oxygen atoms in total. The summed E-state index contributed by atoms with van der Waals surface area (Å²) in [7, 11) is 1.95. The van der Waals surface area contributed by atoms with Crippen LogP contribution in [0, 0.1) is 0 Å². The number of aryl methyl sites for hydroxylation is 1. The normalized spacial score (nSPS) is 10.7. The maximum absolute atomic E-state index is 5.62. The standard InChI is InChI=1S/C12H14BrN3/c1-16-12(6-7-14)10(8-15-16)9-4-2-3-5-11(9)13/h2-5,8H,6-7,14H2,1H3. The first-order valence-corrected chi connectivity index (χ1v) is 5.99. The number of benzene rings is 1. The Labute approximate surface area is 103 Å². The van der Waals surface area contributed by atoms with Gasteiger partial charge in [-0.25, -0.2) is 0 Å². The van der Waals surface area contributed by atoms with Crippen LogP contribution in [0.4, 0.5) is 0 Å². The van der Waals surface area contributed by atoms with Crippen LogP contribution in [-0.4, -0.2) is 16.3 Å². The van der Waals surface area contributed by atoms with Gasteiger partial charge in [0.1, 0.15) is 0 Å². The summed E-state index contributed by atoms with van der Waals surface area (Å²) in [6, 6.07) is 8.15. The smallest absolute Gasteiger partial charge is 0.0571 e. The molecule has 0 aliphatic carbocycles. The molecule has 0 bridgehead atoms. The van der Waals surface area contributed by atoms with Gasteiger partial charge in [-0.05, 0) is 18.2 Å². The molecule has 0 aliphatic rings. The first-order valence-electron chi connectivity index (χ1n) is 5.20. The van der Waals surface area contributed by atoms with Crippen LogP contribution in [0.3, 0.4) is 0 Å². The molecule has 0 spiro atoms. The van der Waals surface area contributed by atoms with Crippen molar-refractivity contribution in [2.75, 3.05) is 6.54 Å². The zero-order valence-corrected chi connectivity index (χ0v) is 10.7. The number of nitrogens with two attached hydrogens (primary N) is 1. The Kier molecular flexibility index (Phi) is 3.41. The average Bonchev–Trinajstić information content (AvgIpc) is 2.62. The summed E-state index contributed by atoms with van der Waals surface area (Å²) in [6.45, 7) is 0.636. The molecule has 1 aromatic heterocycles. The van der Waals surface area contributed by atoms with Gasteiger partial charge in [0, 0.05) is 29.2 Å². The van der Waals surface area contributed by atoms with Gasteiger partial charge in [0.2, 0.25) is 0 Å². The van der Waals surface area contributed by atoms with Crippen LogP contribution in [0.15, 0.2) is 34.9 Å². The van der Waals surface area contributed by atoms with Crippen molar-refractivity contribution < 1.29 is 0 Å². The Morgan fingerprint density at radius 1 is 1.31 bits per heavy atom. The number of aromatic nitrogens is 2. The van der Waals surface area contributed by atoms with E-state index in [9.17, 15) is 0 Å². The number of hydrogen-bond donors (Lipinski definition) is 1. The third kappa shape index (κ3) is 2.03. The topological polar surface area (TPSA) is 43.8 Å². The molecule has 2 N–H and O–H groups in total. The molecule has 0 radical (unpaired) electrons. The molecule has 0 saturated carbocycles. The van der Waals surface area contributed by atoms with Crippen molar-refractivity contribution in [3.63, 3.8) is 0 Å². The summed E-state index contributed by atoms with van der Waals surface area (Å²) >= 11 is 3.56. The summed E-state index contributed by atoms with van der Waals surface area (Å²) < 4.78 is 2.98. The second kappa shape index (κ2) is 4.80. The van der Waals surface area contributed by atoms with Crippen LogP contribution in [0.5, 0.6) is 0 Å². The number of hydrogen-bond acceptors (Lipinski definition) is 2. The summed E-state index contributed by atoms with van der Waals surface area (Å²) in [5, 5.41) is 4.29. The fraction of sp³-hybridized carbons (Fsp3) is 0.250. The molecule has 4 heteroatoms. The maximum Gasteiger partial charge on any atom is 0.0571 e. The van der Waals surface area contributed by atoms with Crippen LogP contribution in [0.25, 0.3) is 11.1 Å². The molecule has 84 valence electrons. The van der Waals surface area contributed by atoms with Gasteiger partial charge >= 0.3 is 0 Å². The first kappa shape index (κ1) is 11.4. The van der Waals surface area contributed by atoms with E-state index in [2.05, 4.69) is 27.1 Å². The van der Waals surface area contributed by atoms with Crippen molar-refractivity contribution in [2.45, 2.75) is 6.42 Å². The molecule has 0 amide bonds. The van der Waals surface area contributed by atoms with Crippen molar-refractivity contribution in [1.29, 1.82) is 0 Å². The largest absolute Gasteiger partial charge is 0.330 e. The van der Waals surface area contributed by atoms with E-state index in [0.717, 1.165) is 16.5 Å². The van der Waals surface area contributed by atoms with E-state index in [1.807, 2.05) is 36.1 Å². The summed E-state index contributed by atoms with van der Waals surface area (Å²) in [6.07, 6.45) is 2.73. The number of rotatable bonds is 3. The van der Waals surface area contributed by atoms with E-state index in [0.29, 0.717) is 6.54 Å². The third-order valence-electron chi connectivity index (χ3n) is 2.61. The molecule has 16 heavy (non-hydrogen) atoms. The third-order valence-corrected chi connectivity index (χ3v) is 3.30. The highest BCUT2D eigenvalue weighted by molar-refractivity contribution is 9.10. The molecule has 2 aromatic rings. The zero-order chi connectivity index (χ0) is 11.5. The fourth-order valence-electron chi connectivity index (χ4n) is 1.80. The molecular formula is C12H14BrN3.